The Morgan fingerprint density at radius 1 is 0.812 bits per heavy atom. The zero-order valence-electron chi connectivity index (χ0n) is 24.6. The van der Waals surface area contributed by atoms with Crippen LogP contribution in [-0.4, -0.2) is 71.4 Å². The number of rotatable bonds is 6. The Morgan fingerprint density at radius 3 is 1.71 bits per heavy atom. The van der Waals surface area contributed by atoms with Crippen molar-refractivity contribution in [3.8, 4) is 11.4 Å². The van der Waals surface area contributed by atoms with Gasteiger partial charge < -0.3 is 25.7 Å². The number of aromatic nitrogens is 4. The number of carboxylic acid groups (broad SMARTS) is 1. The maximum atomic E-state index is 13.4. The van der Waals surface area contributed by atoms with E-state index in [1.165, 1.54) is 24.8 Å². The van der Waals surface area contributed by atoms with Gasteiger partial charge in [-0.3, -0.25) is 4.79 Å². The number of aromatic carboxylic acids is 1. The molecule has 48 heavy (non-hydrogen) atoms. The molecule has 0 saturated carbocycles. The molecule has 0 aliphatic rings. The predicted molar refractivity (Wildman–Crippen MR) is 155 cm³/mol. The molecule has 22 heteroatoms. The lowest BCUT2D eigenvalue weighted by Crippen LogP contribution is -2.25. The highest BCUT2D eigenvalue weighted by Gasteiger charge is 2.40. The van der Waals surface area contributed by atoms with Gasteiger partial charge in [0.1, 0.15) is 0 Å². The van der Waals surface area contributed by atoms with Crippen LogP contribution in [0.25, 0.3) is 11.4 Å². The number of carbonyl (C=O) groups is 2. The molecule has 0 spiro atoms. The van der Waals surface area contributed by atoms with Gasteiger partial charge in [0.25, 0.3) is 5.91 Å². The van der Waals surface area contributed by atoms with Gasteiger partial charge in [0.05, 0.1) is 56.1 Å². The minimum absolute atomic E-state index is 0.276. The van der Waals surface area contributed by atoms with Crippen molar-refractivity contribution in [3.05, 3.63) is 83.5 Å². The van der Waals surface area contributed by atoms with Crippen LogP contribution in [0.3, 0.4) is 0 Å². The van der Waals surface area contributed by atoms with Gasteiger partial charge in [0.15, 0.2) is 25.6 Å². The number of carboxylic acids is 1. The van der Waals surface area contributed by atoms with Crippen LogP contribution in [0.15, 0.2) is 70.4 Å². The number of sulfone groups is 2. The number of hydrogen-bond donors (Lipinski definition) is 3. The number of nitrogens with two attached hydrogens (primary N) is 2. The highest BCUT2D eigenvalue weighted by molar-refractivity contribution is 7.91. The number of guanidine groups is 1. The van der Waals surface area contributed by atoms with Gasteiger partial charge in [0, 0.05) is 37.3 Å². The van der Waals surface area contributed by atoms with E-state index < -0.39 is 87.5 Å². The number of alkyl halides is 6. The van der Waals surface area contributed by atoms with Crippen LogP contribution in [0.4, 0.5) is 26.3 Å². The summed E-state index contributed by atoms with van der Waals surface area (Å²) >= 11 is 0. The van der Waals surface area contributed by atoms with Crippen LogP contribution < -0.4 is 11.5 Å². The molecule has 0 bridgehead atoms. The molecule has 258 valence electrons. The summed E-state index contributed by atoms with van der Waals surface area (Å²) in [6.45, 7) is 1.03. The number of carbonyl (C=O) groups excluding carboxylic acids is 1. The fourth-order valence-corrected chi connectivity index (χ4v) is 6.18. The molecule has 2 aromatic carbocycles. The molecule has 2 aromatic heterocycles. The van der Waals surface area contributed by atoms with Crippen molar-refractivity contribution in [2.45, 2.75) is 29.1 Å². The van der Waals surface area contributed by atoms with E-state index >= 15 is 0 Å². The molecule has 4 rings (SSSR count). The first-order valence-corrected chi connectivity index (χ1v) is 16.4. The van der Waals surface area contributed by atoms with E-state index in [1.54, 1.807) is 0 Å². The molecule has 0 aliphatic carbocycles. The van der Waals surface area contributed by atoms with Gasteiger partial charge in [-0.05, 0) is 30.7 Å². The third-order valence-electron chi connectivity index (χ3n) is 6.23. The van der Waals surface area contributed by atoms with E-state index in [0.717, 1.165) is 41.2 Å². The first-order chi connectivity index (χ1) is 21.9. The second kappa shape index (κ2) is 13.1. The molecule has 14 nitrogen and oxygen atoms in total. The van der Waals surface area contributed by atoms with E-state index in [1.807, 2.05) is 0 Å². The largest absolute Gasteiger partial charge is 0.478 e. The van der Waals surface area contributed by atoms with Crippen LogP contribution in [0, 0.1) is 6.92 Å². The number of aliphatic imine (C=N–C) groups is 1. The second-order valence-corrected chi connectivity index (χ2v) is 13.7. The van der Waals surface area contributed by atoms with Gasteiger partial charge in [0.2, 0.25) is 0 Å². The number of hydrogen-bond acceptors (Lipinski definition) is 8. The number of halogens is 6. The standard InChI is InChI=1S/C13H12F3N5O3S.C13H11F3N2O4S/c1-25(23,24)10-4-7(11(22)20-12(17)18)8(13(14,15)16)5-9(10)21-3-2-19-6-21;1-7-10(13(14,15)16)8(12(19)20)5-9(23(2,21)22)11(7)18-4-3-17-6-18/h2-6H,1H3,(H4,17,18,20,22);3-6H,1-2H3,(H,19,20). The van der Waals surface area contributed by atoms with Crippen LogP contribution in [0.2, 0.25) is 0 Å². The van der Waals surface area contributed by atoms with Gasteiger partial charge in [-0.25, -0.2) is 31.6 Å². The van der Waals surface area contributed by atoms with Crippen LogP contribution in [0.1, 0.15) is 37.4 Å². The Labute approximate surface area is 267 Å². The Bertz CT molecular complexity index is 2120. The zero-order chi connectivity index (χ0) is 36.6. The summed E-state index contributed by atoms with van der Waals surface area (Å²) in [5, 5.41) is 9.05. The summed E-state index contributed by atoms with van der Waals surface area (Å²) in [6.07, 6.45) is -0.982. The van der Waals surface area contributed by atoms with Gasteiger partial charge in [-0.1, -0.05) is 0 Å². The SMILES string of the molecule is CS(=O)(=O)c1cc(C(=O)N=C(N)N)c(C(F)(F)F)cc1-n1ccnc1.Cc1c(-n2ccnc2)c(S(C)(=O)=O)cc(C(=O)O)c1C(F)(F)F. The highest BCUT2D eigenvalue weighted by atomic mass is 32.2. The number of imidazole rings is 2. The summed E-state index contributed by atoms with van der Waals surface area (Å²) in [5.41, 5.74) is 4.08. The Kier molecular flexibility index (Phi) is 10.2. The van der Waals surface area contributed by atoms with E-state index in [-0.39, 0.29) is 11.4 Å². The van der Waals surface area contributed by atoms with Crippen LogP contribution in [-0.2, 0) is 32.0 Å². The van der Waals surface area contributed by atoms with Crippen LogP contribution in [0.5, 0.6) is 0 Å². The summed E-state index contributed by atoms with van der Waals surface area (Å²) in [4.78, 5) is 32.5. The maximum absolute atomic E-state index is 13.4. The topological polar surface area (TPSA) is 223 Å². The molecule has 2 heterocycles. The molecule has 0 unspecified atom stereocenters. The van der Waals surface area contributed by atoms with Crippen LogP contribution >= 0.6 is 0 Å². The minimum Gasteiger partial charge on any atom is -0.478 e. The second-order valence-electron chi connectivity index (χ2n) is 9.76. The van der Waals surface area contributed by atoms with Crippen molar-refractivity contribution >= 4 is 37.5 Å². The average Bonchev–Trinajstić information content (AvgIpc) is 3.64. The lowest BCUT2D eigenvalue weighted by molar-refractivity contribution is -0.139. The minimum atomic E-state index is -4.96. The molecule has 0 radical (unpaired) electrons. The van der Waals surface area contributed by atoms with E-state index in [2.05, 4.69) is 15.0 Å². The lowest BCUT2D eigenvalue weighted by Gasteiger charge is -2.20. The molecule has 5 N–H and O–H groups in total. The van der Waals surface area contributed by atoms with Gasteiger partial charge >= 0.3 is 18.3 Å². The number of nitrogens with zero attached hydrogens (tertiary/aromatic N) is 5. The molecule has 1 amide bonds. The third kappa shape index (κ3) is 8.17. The van der Waals surface area contributed by atoms with Crippen molar-refractivity contribution in [2.75, 3.05) is 12.5 Å². The van der Waals surface area contributed by atoms with Gasteiger partial charge in [-0.15, -0.1) is 0 Å². The molecule has 4 aromatic rings. The number of amides is 1. The zero-order valence-corrected chi connectivity index (χ0v) is 26.2. The van der Waals surface area contributed by atoms with Crippen molar-refractivity contribution in [2.24, 2.45) is 16.5 Å². The molecular weight excluding hydrogens is 700 g/mol. The van der Waals surface area contributed by atoms with Crippen molar-refractivity contribution in [1.29, 1.82) is 0 Å². The fourth-order valence-electron chi connectivity index (χ4n) is 4.36. The summed E-state index contributed by atoms with van der Waals surface area (Å²) in [7, 11) is -7.96. The molecular formula is C26H23F6N7O7S2. The molecule has 0 saturated heterocycles. The van der Waals surface area contributed by atoms with Crippen molar-refractivity contribution in [1.82, 2.24) is 19.1 Å². The Morgan fingerprint density at radius 2 is 1.31 bits per heavy atom. The van der Waals surface area contributed by atoms with Crippen molar-refractivity contribution in [3.63, 3.8) is 0 Å². The fraction of sp³-hybridized carbons (Fsp3) is 0.192. The maximum Gasteiger partial charge on any atom is 0.417 e. The normalized spacial score (nSPS) is 12.2. The summed E-state index contributed by atoms with van der Waals surface area (Å²) < 4.78 is 130. The quantitative estimate of drug-likeness (QED) is 0.149. The summed E-state index contributed by atoms with van der Waals surface area (Å²) in [6, 6.07) is 1.67. The van der Waals surface area contributed by atoms with Gasteiger partial charge in [-0.2, -0.15) is 31.3 Å². The predicted octanol–water partition coefficient (Wildman–Crippen LogP) is 3.01. The first kappa shape index (κ1) is 37.2. The summed E-state index contributed by atoms with van der Waals surface area (Å²) in [5.74, 6) is -4.02. The van der Waals surface area contributed by atoms with E-state index in [4.69, 9.17) is 16.6 Å². The first-order valence-electron chi connectivity index (χ1n) is 12.6. The number of benzene rings is 2. The molecule has 0 aliphatic heterocycles. The van der Waals surface area contributed by atoms with E-state index in [9.17, 15) is 52.8 Å². The smallest absolute Gasteiger partial charge is 0.417 e. The Hall–Kier alpha value is -5.25. The highest BCUT2D eigenvalue weighted by Crippen LogP contribution is 2.40. The monoisotopic (exact) mass is 723 g/mol. The van der Waals surface area contributed by atoms with E-state index in [0.29, 0.717) is 18.2 Å². The Balaban J connectivity index is 0.000000261. The average molecular weight is 724 g/mol. The molecule has 0 fully saturated rings. The van der Waals surface area contributed by atoms with Crippen molar-refractivity contribution < 1.29 is 57.9 Å². The lowest BCUT2D eigenvalue weighted by atomic mass is 9.99. The molecule has 0 atom stereocenters. The third-order valence-corrected chi connectivity index (χ3v) is 8.47.